The second-order valence-electron chi connectivity index (χ2n) is 5.49. The van der Waals surface area contributed by atoms with E-state index in [0.717, 1.165) is 19.0 Å². The maximum absolute atomic E-state index is 3.39. The van der Waals surface area contributed by atoms with Crippen LogP contribution in [0.15, 0.2) is 0 Å². The summed E-state index contributed by atoms with van der Waals surface area (Å²) in [6.07, 6.45) is 3.88. The molecule has 0 radical (unpaired) electrons. The van der Waals surface area contributed by atoms with Gasteiger partial charge in [-0.15, -0.1) is 0 Å². The fourth-order valence-electron chi connectivity index (χ4n) is 2.19. The van der Waals surface area contributed by atoms with Gasteiger partial charge in [0.1, 0.15) is 0 Å². The molecule has 0 saturated heterocycles. The van der Waals surface area contributed by atoms with Crippen LogP contribution < -0.4 is 5.32 Å². The van der Waals surface area contributed by atoms with Crippen molar-refractivity contribution >= 4 is 0 Å². The molecule has 0 aliphatic heterocycles. The summed E-state index contributed by atoms with van der Waals surface area (Å²) in [5, 5.41) is 3.39. The van der Waals surface area contributed by atoms with Gasteiger partial charge in [-0.05, 0) is 59.2 Å². The van der Waals surface area contributed by atoms with Gasteiger partial charge in [0.05, 0.1) is 0 Å². The van der Waals surface area contributed by atoms with E-state index in [9.17, 15) is 0 Å². The normalized spacial score (nSPS) is 15.8. The van der Waals surface area contributed by atoms with Crippen molar-refractivity contribution in [3.05, 3.63) is 0 Å². The lowest BCUT2D eigenvalue weighted by Crippen LogP contribution is -2.38. The van der Waals surface area contributed by atoms with Gasteiger partial charge in [0.25, 0.3) is 0 Å². The molecule has 0 aliphatic rings. The van der Waals surface area contributed by atoms with Crippen molar-refractivity contribution in [3.63, 3.8) is 0 Å². The summed E-state index contributed by atoms with van der Waals surface area (Å²) in [7, 11) is 2.27. The Morgan fingerprint density at radius 3 is 2.19 bits per heavy atom. The Balaban J connectivity index is 3.74. The Labute approximate surface area is 103 Å². The lowest BCUT2D eigenvalue weighted by Gasteiger charge is -2.32. The van der Waals surface area contributed by atoms with Crippen LogP contribution in [0.2, 0.25) is 0 Å². The zero-order chi connectivity index (χ0) is 12.6. The molecular weight excluding hydrogens is 196 g/mol. The maximum atomic E-state index is 3.39. The van der Waals surface area contributed by atoms with Crippen molar-refractivity contribution in [2.45, 2.75) is 66.0 Å². The van der Waals surface area contributed by atoms with E-state index in [4.69, 9.17) is 0 Å². The van der Waals surface area contributed by atoms with Crippen LogP contribution in [-0.4, -0.2) is 37.1 Å². The standard InChI is InChI=1S/C14H32N2/c1-7-15-10-8-9-13(4)16(6)14(5)11-12(2)3/h12-15H,7-11H2,1-6H3. The van der Waals surface area contributed by atoms with Gasteiger partial charge >= 0.3 is 0 Å². The summed E-state index contributed by atoms with van der Waals surface area (Å²) in [5.41, 5.74) is 0. The molecule has 2 atom stereocenters. The molecule has 0 aromatic carbocycles. The van der Waals surface area contributed by atoms with E-state index >= 15 is 0 Å². The van der Waals surface area contributed by atoms with Gasteiger partial charge in [0.15, 0.2) is 0 Å². The van der Waals surface area contributed by atoms with Crippen LogP contribution in [0.5, 0.6) is 0 Å². The van der Waals surface area contributed by atoms with Gasteiger partial charge in [-0.3, -0.25) is 0 Å². The van der Waals surface area contributed by atoms with Gasteiger partial charge in [-0.2, -0.15) is 0 Å². The number of nitrogens with zero attached hydrogens (tertiary/aromatic N) is 1. The average Bonchev–Trinajstić information content (AvgIpc) is 2.22. The summed E-state index contributed by atoms with van der Waals surface area (Å²) in [4.78, 5) is 2.53. The van der Waals surface area contributed by atoms with Crippen molar-refractivity contribution < 1.29 is 0 Å². The molecule has 0 spiro atoms. The minimum Gasteiger partial charge on any atom is -0.317 e. The Morgan fingerprint density at radius 2 is 1.69 bits per heavy atom. The van der Waals surface area contributed by atoms with Crippen LogP contribution in [0, 0.1) is 5.92 Å². The highest BCUT2D eigenvalue weighted by Gasteiger charge is 2.16. The molecular formula is C14H32N2. The first-order valence-electron chi connectivity index (χ1n) is 6.91. The van der Waals surface area contributed by atoms with E-state index in [0.29, 0.717) is 12.1 Å². The lowest BCUT2D eigenvalue weighted by atomic mass is 10.0. The fourth-order valence-corrected chi connectivity index (χ4v) is 2.19. The van der Waals surface area contributed by atoms with Crippen LogP contribution >= 0.6 is 0 Å². The summed E-state index contributed by atoms with van der Waals surface area (Å²) in [5.74, 6) is 0.798. The van der Waals surface area contributed by atoms with Crippen LogP contribution in [0.25, 0.3) is 0 Å². The van der Waals surface area contributed by atoms with E-state index in [1.54, 1.807) is 0 Å². The topological polar surface area (TPSA) is 15.3 Å². The predicted molar refractivity (Wildman–Crippen MR) is 73.9 cm³/mol. The third-order valence-electron chi connectivity index (χ3n) is 3.43. The van der Waals surface area contributed by atoms with Gasteiger partial charge in [-0.1, -0.05) is 20.8 Å². The van der Waals surface area contributed by atoms with Crippen LogP contribution in [-0.2, 0) is 0 Å². The number of nitrogens with one attached hydrogen (secondary N) is 1. The SMILES string of the molecule is CCNCCCC(C)N(C)C(C)CC(C)C. The van der Waals surface area contributed by atoms with Crippen molar-refractivity contribution in [1.82, 2.24) is 10.2 Å². The lowest BCUT2D eigenvalue weighted by molar-refractivity contribution is 0.166. The highest BCUT2D eigenvalue weighted by Crippen LogP contribution is 2.14. The first kappa shape index (κ1) is 15.9. The van der Waals surface area contributed by atoms with E-state index in [2.05, 4.69) is 51.9 Å². The second-order valence-corrected chi connectivity index (χ2v) is 5.49. The van der Waals surface area contributed by atoms with Gasteiger partial charge in [-0.25, -0.2) is 0 Å². The molecule has 0 rings (SSSR count). The Kier molecular flexibility index (Phi) is 8.96. The number of hydrogen-bond donors (Lipinski definition) is 1. The third kappa shape index (κ3) is 7.24. The Morgan fingerprint density at radius 1 is 1.06 bits per heavy atom. The molecule has 2 heteroatoms. The highest BCUT2D eigenvalue weighted by molar-refractivity contribution is 4.71. The zero-order valence-electron chi connectivity index (χ0n) is 12.2. The largest absolute Gasteiger partial charge is 0.317 e. The van der Waals surface area contributed by atoms with Gasteiger partial charge < -0.3 is 10.2 Å². The zero-order valence-corrected chi connectivity index (χ0v) is 12.2. The molecule has 0 saturated carbocycles. The van der Waals surface area contributed by atoms with Crippen molar-refractivity contribution in [2.75, 3.05) is 20.1 Å². The van der Waals surface area contributed by atoms with Crippen LogP contribution in [0.3, 0.4) is 0 Å². The third-order valence-corrected chi connectivity index (χ3v) is 3.43. The number of hydrogen-bond acceptors (Lipinski definition) is 2. The predicted octanol–water partition coefficient (Wildman–Crippen LogP) is 3.13. The van der Waals surface area contributed by atoms with Crippen molar-refractivity contribution in [1.29, 1.82) is 0 Å². The van der Waals surface area contributed by atoms with E-state index < -0.39 is 0 Å². The fraction of sp³-hybridized carbons (Fsp3) is 1.00. The summed E-state index contributed by atoms with van der Waals surface area (Å²) < 4.78 is 0. The molecule has 0 amide bonds. The number of rotatable bonds is 9. The Bertz CT molecular complexity index is 157. The summed E-state index contributed by atoms with van der Waals surface area (Å²) in [6, 6.07) is 1.40. The second kappa shape index (κ2) is 9.00. The molecule has 1 N–H and O–H groups in total. The molecule has 0 heterocycles. The van der Waals surface area contributed by atoms with Gasteiger partial charge in [0.2, 0.25) is 0 Å². The monoisotopic (exact) mass is 228 g/mol. The molecule has 16 heavy (non-hydrogen) atoms. The van der Waals surface area contributed by atoms with Crippen molar-refractivity contribution in [3.8, 4) is 0 Å². The molecule has 98 valence electrons. The highest BCUT2D eigenvalue weighted by atomic mass is 15.1. The van der Waals surface area contributed by atoms with E-state index in [1.807, 2.05) is 0 Å². The molecule has 0 aliphatic carbocycles. The quantitative estimate of drug-likeness (QED) is 0.610. The molecule has 0 aromatic heterocycles. The van der Waals surface area contributed by atoms with Crippen LogP contribution in [0.4, 0.5) is 0 Å². The maximum Gasteiger partial charge on any atom is 0.00691 e. The minimum atomic E-state index is 0.701. The molecule has 2 nitrogen and oxygen atoms in total. The smallest absolute Gasteiger partial charge is 0.00691 e. The Hall–Kier alpha value is -0.0800. The molecule has 0 bridgehead atoms. The van der Waals surface area contributed by atoms with E-state index in [1.165, 1.54) is 19.3 Å². The first-order valence-corrected chi connectivity index (χ1v) is 6.91. The average molecular weight is 228 g/mol. The van der Waals surface area contributed by atoms with E-state index in [-0.39, 0.29) is 0 Å². The minimum absolute atomic E-state index is 0.701. The summed E-state index contributed by atoms with van der Waals surface area (Å²) in [6.45, 7) is 13.7. The van der Waals surface area contributed by atoms with Crippen LogP contribution in [0.1, 0.15) is 53.9 Å². The molecule has 2 unspecified atom stereocenters. The van der Waals surface area contributed by atoms with Gasteiger partial charge in [0, 0.05) is 12.1 Å². The molecule has 0 aromatic rings. The first-order chi connectivity index (χ1) is 7.49. The van der Waals surface area contributed by atoms with Crippen molar-refractivity contribution in [2.24, 2.45) is 5.92 Å². The summed E-state index contributed by atoms with van der Waals surface area (Å²) >= 11 is 0. The molecule has 0 fully saturated rings.